The maximum absolute atomic E-state index is 12.0. The van der Waals surface area contributed by atoms with Gasteiger partial charge in [0.05, 0.1) is 6.61 Å². The van der Waals surface area contributed by atoms with Gasteiger partial charge in [0.2, 0.25) is 0 Å². The minimum atomic E-state index is -2.72. The zero-order valence-corrected chi connectivity index (χ0v) is 11.9. The maximum Gasteiger partial charge on any atom is 0.292 e. The number of hydrogen-bond donors (Lipinski definition) is 1. The van der Waals surface area contributed by atoms with Gasteiger partial charge in [0.15, 0.2) is 0 Å². The van der Waals surface area contributed by atoms with Crippen LogP contribution in [0.5, 0.6) is 0 Å². The molecule has 0 aliphatic heterocycles. The standard InChI is InChI=1S/C11H22NO2PS/c1-3-14-15(13,12-2)9-10-16-11-7-5-4-6-8-11/h9-11H,3-8H2,1-2H3,(H,12,13)/b10-9-. The summed E-state index contributed by atoms with van der Waals surface area (Å²) in [6.07, 6.45) is 6.61. The van der Waals surface area contributed by atoms with E-state index in [1.807, 2.05) is 12.3 Å². The molecule has 5 heteroatoms. The van der Waals surface area contributed by atoms with E-state index in [1.165, 1.54) is 32.1 Å². The third-order valence-corrected chi connectivity index (χ3v) is 5.87. The van der Waals surface area contributed by atoms with Crippen molar-refractivity contribution in [3.8, 4) is 0 Å². The van der Waals surface area contributed by atoms with Crippen LogP contribution in [-0.2, 0) is 9.09 Å². The lowest BCUT2D eigenvalue weighted by Gasteiger charge is -2.19. The highest BCUT2D eigenvalue weighted by Crippen LogP contribution is 2.44. The molecule has 1 rings (SSSR count). The molecule has 1 unspecified atom stereocenters. The van der Waals surface area contributed by atoms with Gasteiger partial charge in [-0.2, -0.15) is 0 Å². The van der Waals surface area contributed by atoms with Crippen molar-refractivity contribution in [2.24, 2.45) is 0 Å². The Hall–Kier alpha value is 0.240. The highest BCUT2D eigenvalue weighted by Gasteiger charge is 2.16. The van der Waals surface area contributed by atoms with Crippen LogP contribution in [-0.4, -0.2) is 18.9 Å². The summed E-state index contributed by atoms with van der Waals surface area (Å²) in [5, 5.41) is 5.40. The summed E-state index contributed by atoms with van der Waals surface area (Å²) >= 11 is 1.79. The van der Waals surface area contributed by atoms with Gasteiger partial charge in [-0.3, -0.25) is 4.57 Å². The largest absolute Gasteiger partial charge is 0.315 e. The Morgan fingerprint density at radius 3 is 2.69 bits per heavy atom. The van der Waals surface area contributed by atoms with Crippen molar-refractivity contribution in [2.75, 3.05) is 13.7 Å². The molecule has 1 fully saturated rings. The predicted octanol–water partition coefficient (Wildman–Crippen LogP) is 3.97. The second-order valence-electron chi connectivity index (χ2n) is 3.92. The van der Waals surface area contributed by atoms with Crippen molar-refractivity contribution in [1.29, 1.82) is 0 Å². The van der Waals surface area contributed by atoms with Crippen LogP contribution in [0.25, 0.3) is 0 Å². The summed E-state index contributed by atoms with van der Waals surface area (Å²) in [4.78, 5) is 0. The van der Waals surface area contributed by atoms with E-state index in [1.54, 1.807) is 24.6 Å². The molecular formula is C11H22NO2PS. The Bertz CT molecular complexity index is 265. The molecule has 16 heavy (non-hydrogen) atoms. The van der Waals surface area contributed by atoms with Crippen molar-refractivity contribution >= 4 is 19.3 Å². The molecule has 1 aliphatic carbocycles. The van der Waals surface area contributed by atoms with Gasteiger partial charge in [0, 0.05) is 11.1 Å². The molecule has 0 aromatic rings. The minimum Gasteiger partial charge on any atom is -0.315 e. The van der Waals surface area contributed by atoms with Gasteiger partial charge in [0.25, 0.3) is 7.52 Å². The highest BCUT2D eigenvalue weighted by molar-refractivity contribution is 8.02. The molecule has 0 spiro atoms. The number of nitrogens with one attached hydrogen (secondary N) is 1. The van der Waals surface area contributed by atoms with E-state index < -0.39 is 7.52 Å². The Morgan fingerprint density at radius 1 is 1.44 bits per heavy atom. The topological polar surface area (TPSA) is 38.3 Å². The summed E-state index contributed by atoms with van der Waals surface area (Å²) in [6, 6.07) is 0. The van der Waals surface area contributed by atoms with Gasteiger partial charge in [-0.05, 0) is 32.2 Å². The third kappa shape index (κ3) is 5.05. The van der Waals surface area contributed by atoms with E-state index in [-0.39, 0.29) is 0 Å². The summed E-state index contributed by atoms with van der Waals surface area (Å²) in [6.45, 7) is 2.32. The smallest absolute Gasteiger partial charge is 0.292 e. The molecule has 0 radical (unpaired) electrons. The molecule has 1 aliphatic rings. The molecule has 0 aromatic heterocycles. The van der Waals surface area contributed by atoms with Crippen LogP contribution in [0.4, 0.5) is 0 Å². The number of rotatable bonds is 6. The fourth-order valence-corrected chi connectivity index (χ4v) is 4.30. The first-order valence-corrected chi connectivity index (χ1v) is 8.60. The quantitative estimate of drug-likeness (QED) is 0.736. The number of hydrogen-bond acceptors (Lipinski definition) is 3. The molecular weight excluding hydrogens is 241 g/mol. The van der Waals surface area contributed by atoms with Crippen LogP contribution >= 0.6 is 19.3 Å². The predicted molar refractivity (Wildman–Crippen MR) is 71.9 cm³/mol. The van der Waals surface area contributed by atoms with Gasteiger partial charge < -0.3 is 4.52 Å². The van der Waals surface area contributed by atoms with Crippen molar-refractivity contribution in [1.82, 2.24) is 5.09 Å². The van der Waals surface area contributed by atoms with Crippen molar-refractivity contribution in [2.45, 2.75) is 44.3 Å². The van der Waals surface area contributed by atoms with Gasteiger partial charge in [-0.15, -0.1) is 11.8 Å². The third-order valence-electron chi connectivity index (χ3n) is 2.71. The highest BCUT2D eigenvalue weighted by atomic mass is 32.2. The van der Waals surface area contributed by atoms with Crippen molar-refractivity contribution < 1.29 is 9.09 Å². The van der Waals surface area contributed by atoms with Gasteiger partial charge in [0.1, 0.15) is 0 Å². The summed E-state index contributed by atoms with van der Waals surface area (Å²) in [5.41, 5.74) is 0. The molecule has 0 aromatic carbocycles. The van der Waals surface area contributed by atoms with Crippen LogP contribution in [0.1, 0.15) is 39.0 Å². The monoisotopic (exact) mass is 263 g/mol. The van der Waals surface area contributed by atoms with Crippen LogP contribution in [0.3, 0.4) is 0 Å². The summed E-state index contributed by atoms with van der Waals surface area (Å²) in [5.74, 6) is 1.69. The first-order chi connectivity index (χ1) is 7.70. The Labute approximate surface area is 103 Å². The molecule has 0 amide bonds. The molecule has 0 saturated heterocycles. The van der Waals surface area contributed by atoms with E-state index in [9.17, 15) is 4.57 Å². The van der Waals surface area contributed by atoms with E-state index >= 15 is 0 Å². The van der Waals surface area contributed by atoms with Crippen molar-refractivity contribution in [3.63, 3.8) is 0 Å². The zero-order chi connectivity index (χ0) is 11.9. The lowest BCUT2D eigenvalue weighted by atomic mass is 10.0. The van der Waals surface area contributed by atoms with Crippen molar-refractivity contribution in [3.05, 3.63) is 11.2 Å². The zero-order valence-electron chi connectivity index (χ0n) is 10.1. The SMILES string of the molecule is CCOP(=O)(/C=C\SC1CCCCC1)NC. The summed E-state index contributed by atoms with van der Waals surface area (Å²) in [7, 11) is -1.05. The fourth-order valence-electron chi connectivity index (χ4n) is 1.80. The second kappa shape index (κ2) is 7.54. The molecule has 0 heterocycles. The van der Waals surface area contributed by atoms with Crippen LogP contribution < -0.4 is 5.09 Å². The Morgan fingerprint density at radius 2 is 2.12 bits per heavy atom. The lowest BCUT2D eigenvalue weighted by molar-refractivity contribution is 0.334. The van der Waals surface area contributed by atoms with Gasteiger partial charge in [-0.1, -0.05) is 19.3 Å². The molecule has 1 N–H and O–H groups in total. The first kappa shape index (κ1) is 14.3. The minimum absolute atomic E-state index is 0.469. The fraction of sp³-hybridized carbons (Fsp3) is 0.818. The molecule has 3 nitrogen and oxygen atoms in total. The van der Waals surface area contributed by atoms with E-state index in [0.717, 1.165) is 0 Å². The summed E-state index contributed by atoms with van der Waals surface area (Å²) < 4.78 is 17.2. The first-order valence-electron chi connectivity index (χ1n) is 5.96. The maximum atomic E-state index is 12.0. The second-order valence-corrected chi connectivity index (χ2v) is 7.33. The Balaban J connectivity index is 2.36. The average Bonchev–Trinajstić information content (AvgIpc) is 2.31. The van der Waals surface area contributed by atoms with Gasteiger partial charge >= 0.3 is 0 Å². The van der Waals surface area contributed by atoms with Crippen LogP contribution in [0.15, 0.2) is 11.2 Å². The Kier molecular flexibility index (Phi) is 6.74. The molecule has 1 atom stereocenters. The van der Waals surface area contributed by atoms with E-state index in [0.29, 0.717) is 11.9 Å². The normalized spacial score (nSPS) is 22.4. The molecule has 1 saturated carbocycles. The van der Waals surface area contributed by atoms with Gasteiger partial charge in [-0.25, -0.2) is 5.09 Å². The number of thioether (sulfide) groups is 1. The molecule has 0 bridgehead atoms. The molecule has 94 valence electrons. The van der Waals surface area contributed by atoms with E-state index in [4.69, 9.17) is 4.52 Å². The van der Waals surface area contributed by atoms with Crippen LogP contribution in [0, 0.1) is 0 Å². The van der Waals surface area contributed by atoms with Crippen LogP contribution in [0.2, 0.25) is 0 Å². The van der Waals surface area contributed by atoms with E-state index in [2.05, 4.69) is 5.09 Å². The lowest BCUT2D eigenvalue weighted by Crippen LogP contribution is -2.07. The average molecular weight is 263 g/mol.